The first-order valence-corrected chi connectivity index (χ1v) is 7.37. The number of aryl methyl sites for hydroxylation is 1. The molecule has 1 N–H and O–H groups in total. The topological polar surface area (TPSA) is 29.1 Å². The standard InChI is InChI=1S/C14H19BrFNO/c1-11-6-7-12(10-13(11)16)14(18)17-9-5-3-2-4-8-15/h6-7,10H,2-5,8-9H2,1H3,(H,17,18). The molecule has 1 aromatic carbocycles. The number of alkyl halides is 1. The van der Waals surface area contributed by atoms with Crippen molar-refractivity contribution in [1.29, 1.82) is 0 Å². The maximum Gasteiger partial charge on any atom is 0.251 e. The molecule has 0 aromatic heterocycles. The largest absolute Gasteiger partial charge is 0.352 e. The molecule has 1 amide bonds. The van der Waals surface area contributed by atoms with Crippen LogP contribution in [0.25, 0.3) is 0 Å². The highest BCUT2D eigenvalue weighted by Gasteiger charge is 2.07. The summed E-state index contributed by atoms with van der Waals surface area (Å²) < 4.78 is 13.3. The molecule has 1 aromatic rings. The van der Waals surface area contributed by atoms with Gasteiger partial charge in [-0.25, -0.2) is 4.39 Å². The lowest BCUT2D eigenvalue weighted by molar-refractivity contribution is 0.0952. The summed E-state index contributed by atoms with van der Waals surface area (Å²) in [4.78, 5) is 11.7. The predicted molar refractivity (Wildman–Crippen MR) is 75.7 cm³/mol. The maximum atomic E-state index is 13.3. The zero-order chi connectivity index (χ0) is 13.4. The van der Waals surface area contributed by atoms with E-state index in [1.807, 2.05) is 0 Å². The normalized spacial score (nSPS) is 10.4. The molecule has 18 heavy (non-hydrogen) atoms. The molecule has 0 unspecified atom stereocenters. The molecule has 2 nitrogen and oxygen atoms in total. The average molecular weight is 316 g/mol. The van der Waals surface area contributed by atoms with Gasteiger partial charge in [-0.2, -0.15) is 0 Å². The Hall–Kier alpha value is -0.900. The Bertz CT molecular complexity index is 395. The first-order chi connectivity index (χ1) is 8.65. The fourth-order valence-electron chi connectivity index (χ4n) is 1.61. The van der Waals surface area contributed by atoms with Gasteiger partial charge in [0.2, 0.25) is 0 Å². The molecule has 1 rings (SSSR count). The Kier molecular flexibility index (Phi) is 6.94. The molecule has 0 heterocycles. The highest BCUT2D eigenvalue weighted by atomic mass is 79.9. The molecule has 0 aliphatic heterocycles. The third-order valence-corrected chi connectivity index (χ3v) is 3.34. The van der Waals surface area contributed by atoms with E-state index in [9.17, 15) is 9.18 Å². The molecular weight excluding hydrogens is 297 g/mol. The molecule has 0 saturated carbocycles. The summed E-state index contributed by atoms with van der Waals surface area (Å²) in [5.74, 6) is -0.533. The van der Waals surface area contributed by atoms with Crippen molar-refractivity contribution in [2.75, 3.05) is 11.9 Å². The van der Waals surface area contributed by atoms with Gasteiger partial charge >= 0.3 is 0 Å². The van der Waals surface area contributed by atoms with E-state index in [-0.39, 0.29) is 11.7 Å². The smallest absolute Gasteiger partial charge is 0.251 e. The van der Waals surface area contributed by atoms with Crippen LogP contribution in [0.2, 0.25) is 0 Å². The van der Waals surface area contributed by atoms with Crippen LogP contribution in [0.1, 0.15) is 41.6 Å². The minimum absolute atomic E-state index is 0.200. The van der Waals surface area contributed by atoms with Crippen molar-refractivity contribution >= 4 is 21.8 Å². The Morgan fingerprint density at radius 2 is 2.00 bits per heavy atom. The number of carbonyl (C=O) groups excluding carboxylic acids is 1. The summed E-state index contributed by atoms with van der Waals surface area (Å²) in [5, 5.41) is 3.83. The lowest BCUT2D eigenvalue weighted by Gasteiger charge is -2.06. The SMILES string of the molecule is Cc1ccc(C(=O)NCCCCCCBr)cc1F. The number of carbonyl (C=O) groups is 1. The van der Waals surface area contributed by atoms with Crippen molar-refractivity contribution in [3.63, 3.8) is 0 Å². The average Bonchev–Trinajstić information content (AvgIpc) is 2.36. The van der Waals surface area contributed by atoms with Crippen molar-refractivity contribution in [1.82, 2.24) is 5.32 Å². The van der Waals surface area contributed by atoms with E-state index in [2.05, 4.69) is 21.2 Å². The van der Waals surface area contributed by atoms with E-state index in [0.717, 1.165) is 24.6 Å². The fraction of sp³-hybridized carbons (Fsp3) is 0.500. The Morgan fingerprint density at radius 3 is 2.67 bits per heavy atom. The summed E-state index contributed by atoms with van der Waals surface area (Å²) in [6.45, 7) is 2.33. The molecule has 0 aliphatic rings. The van der Waals surface area contributed by atoms with E-state index in [1.165, 1.54) is 12.5 Å². The van der Waals surface area contributed by atoms with E-state index in [1.54, 1.807) is 19.1 Å². The van der Waals surface area contributed by atoms with Gasteiger partial charge in [0.25, 0.3) is 5.91 Å². The van der Waals surface area contributed by atoms with Gasteiger partial charge in [-0.1, -0.05) is 34.8 Å². The van der Waals surface area contributed by atoms with Crippen LogP contribution in [0.4, 0.5) is 4.39 Å². The number of hydrogen-bond donors (Lipinski definition) is 1. The van der Waals surface area contributed by atoms with E-state index in [4.69, 9.17) is 0 Å². The summed E-state index contributed by atoms with van der Waals surface area (Å²) in [5.41, 5.74) is 0.944. The van der Waals surface area contributed by atoms with Gasteiger partial charge in [0.15, 0.2) is 0 Å². The molecule has 4 heteroatoms. The molecular formula is C14H19BrFNO. The van der Waals surface area contributed by atoms with Crippen LogP contribution in [0, 0.1) is 12.7 Å². The fourth-order valence-corrected chi connectivity index (χ4v) is 2.01. The van der Waals surface area contributed by atoms with Crippen LogP contribution in [0.3, 0.4) is 0 Å². The first-order valence-electron chi connectivity index (χ1n) is 6.25. The molecule has 100 valence electrons. The van der Waals surface area contributed by atoms with Crippen molar-refractivity contribution in [3.05, 3.63) is 35.1 Å². The predicted octanol–water partition coefficient (Wildman–Crippen LogP) is 3.82. The molecule has 0 fully saturated rings. The number of nitrogens with one attached hydrogen (secondary N) is 1. The number of rotatable bonds is 7. The minimum atomic E-state index is -0.333. The Labute approximate surface area is 116 Å². The van der Waals surface area contributed by atoms with Crippen LogP contribution in [-0.4, -0.2) is 17.8 Å². The molecule has 0 atom stereocenters. The van der Waals surface area contributed by atoms with Crippen LogP contribution >= 0.6 is 15.9 Å². The zero-order valence-corrected chi connectivity index (χ0v) is 12.2. The Morgan fingerprint density at radius 1 is 1.28 bits per heavy atom. The highest BCUT2D eigenvalue weighted by Crippen LogP contribution is 2.09. The van der Waals surface area contributed by atoms with Crippen LogP contribution in [0.15, 0.2) is 18.2 Å². The zero-order valence-electron chi connectivity index (χ0n) is 10.6. The van der Waals surface area contributed by atoms with E-state index < -0.39 is 0 Å². The summed E-state index contributed by atoms with van der Waals surface area (Å²) in [6, 6.07) is 4.56. The monoisotopic (exact) mass is 315 g/mol. The van der Waals surface area contributed by atoms with Gasteiger partial charge in [-0.15, -0.1) is 0 Å². The molecule has 0 aliphatic carbocycles. The van der Waals surface area contributed by atoms with Gasteiger partial charge in [0.05, 0.1) is 0 Å². The second kappa shape index (κ2) is 8.25. The minimum Gasteiger partial charge on any atom is -0.352 e. The third-order valence-electron chi connectivity index (χ3n) is 2.78. The van der Waals surface area contributed by atoms with Gasteiger partial charge in [-0.3, -0.25) is 4.79 Å². The summed E-state index contributed by atoms with van der Waals surface area (Å²) in [7, 11) is 0. The second-order valence-electron chi connectivity index (χ2n) is 4.32. The number of hydrogen-bond acceptors (Lipinski definition) is 1. The van der Waals surface area contributed by atoms with Gasteiger partial charge in [-0.05, 0) is 37.5 Å². The van der Waals surface area contributed by atoms with E-state index >= 15 is 0 Å². The van der Waals surface area contributed by atoms with Crippen LogP contribution in [-0.2, 0) is 0 Å². The molecule has 0 radical (unpaired) electrons. The lowest BCUT2D eigenvalue weighted by atomic mass is 10.1. The highest BCUT2D eigenvalue weighted by molar-refractivity contribution is 9.09. The summed E-state index contributed by atoms with van der Waals surface area (Å²) >= 11 is 3.38. The van der Waals surface area contributed by atoms with Gasteiger partial charge in [0, 0.05) is 17.4 Å². The number of amides is 1. The molecule has 0 bridgehead atoms. The van der Waals surface area contributed by atoms with Gasteiger partial charge < -0.3 is 5.32 Å². The number of unbranched alkanes of at least 4 members (excludes halogenated alkanes) is 3. The number of halogens is 2. The van der Waals surface area contributed by atoms with Crippen molar-refractivity contribution < 1.29 is 9.18 Å². The van der Waals surface area contributed by atoms with Crippen molar-refractivity contribution in [3.8, 4) is 0 Å². The first kappa shape index (κ1) is 15.2. The number of benzene rings is 1. The second-order valence-corrected chi connectivity index (χ2v) is 5.12. The maximum absolute atomic E-state index is 13.3. The van der Waals surface area contributed by atoms with Crippen molar-refractivity contribution in [2.24, 2.45) is 0 Å². The summed E-state index contributed by atoms with van der Waals surface area (Å²) in [6.07, 6.45) is 4.40. The molecule has 0 spiro atoms. The van der Waals surface area contributed by atoms with Crippen LogP contribution < -0.4 is 5.32 Å². The quantitative estimate of drug-likeness (QED) is 0.601. The third kappa shape index (κ3) is 5.17. The van der Waals surface area contributed by atoms with E-state index in [0.29, 0.717) is 17.7 Å². The lowest BCUT2D eigenvalue weighted by Crippen LogP contribution is -2.24. The van der Waals surface area contributed by atoms with Gasteiger partial charge in [0.1, 0.15) is 5.82 Å². The Balaban J connectivity index is 2.30. The van der Waals surface area contributed by atoms with Crippen molar-refractivity contribution in [2.45, 2.75) is 32.6 Å². The molecule has 0 saturated heterocycles. The van der Waals surface area contributed by atoms with Crippen LogP contribution in [0.5, 0.6) is 0 Å².